The van der Waals surface area contributed by atoms with Crippen LogP contribution in [0.2, 0.25) is 0 Å². The zero-order chi connectivity index (χ0) is 14.5. The summed E-state index contributed by atoms with van der Waals surface area (Å²) in [7, 11) is 0. The van der Waals surface area contributed by atoms with Crippen LogP contribution in [0.5, 0.6) is 0 Å². The van der Waals surface area contributed by atoms with Crippen LogP contribution in [0.25, 0.3) is 0 Å². The van der Waals surface area contributed by atoms with Crippen molar-refractivity contribution in [1.82, 2.24) is 0 Å². The third-order valence-electron chi connectivity index (χ3n) is 2.65. The molecule has 2 rings (SSSR count). The van der Waals surface area contributed by atoms with Crippen molar-refractivity contribution in [1.29, 1.82) is 0 Å². The minimum absolute atomic E-state index is 1.29. The number of alkyl halides is 4. The van der Waals surface area contributed by atoms with Gasteiger partial charge in [-0.05, 0) is 6.58 Å². The number of rotatable bonds is 0. The van der Waals surface area contributed by atoms with Crippen LogP contribution in [0.1, 0.15) is 0 Å². The molecule has 0 aliphatic carbocycles. The summed E-state index contributed by atoms with van der Waals surface area (Å²) in [6, 6.07) is 0. The molecular formula is C9H6F6O4. The Labute approximate surface area is 102 Å². The van der Waals surface area contributed by atoms with E-state index in [1.807, 2.05) is 0 Å². The number of hydrogen-bond acceptors (Lipinski definition) is 4. The van der Waals surface area contributed by atoms with Gasteiger partial charge in [0.1, 0.15) is 13.2 Å². The van der Waals surface area contributed by atoms with E-state index in [1.165, 1.54) is 0 Å². The second-order valence-electron chi connectivity index (χ2n) is 3.82. The molecule has 0 amide bonds. The molecule has 0 aromatic carbocycles. The predicted molar refractivity (Wildman–Crippen MR) is 44.8 cm³/mol. The summed E-state index contributed by atoms with van der Waals surface area (Å²) in [6.45, 7) is -0.247. The van der Waals surface area contributed by atoms with Gasteiger partial charge in [-0.1, -0.05) is 0 Å². The Morgan fingerprint density at radius 3 is 1.74 bits per heavy atom. The van der Waals surface area contributed by atoms with Crippen LogP contribution in [0.4, 0.5) is 26.3 Å². The minimum Gasteiger partial charge on any atom is -0.460 e. The molecule has 2 aliphatic rings. The fraction of sp³-hybridized carbons (Fsp3) is 0.556. The van der Waals surface area contributed by atoms with Crippen LogP contribution in [0.3, 0.4) is 0 Å². The van der Waals surface area contributed by atoms with Gasteiger partial charge in [-0.3, -0.25) is 0 Å². The maximum Gasteiger partial charge on any atom is 0.422 e. The molecule has 108 valence electrons. The molecule has 0 unspecified atom stereocenters. The standard InChI is InChI=1S/C9H6F6O4/c1-4-18-8(12,13)7(9(14,15)19-4)2-16-6(5(10)11)17-3-7/h1-3H2. The molecule has 0 aromatic rings. The van der Waals surface area contributed by atoms with E-state index in [4.69, 9.17) is 0 Å². The average Bonchev–Trinajstić information content (AvgIpc) is 2.25. The van der Waals surface area contributed by atoms with Crippen LogP contribution in [-0.4, -0.2) is 25.4 Å². The van der Waals surface area contributed by atoms with Gasteiger partial charge < -0.3 is 18.9 Å². The molecule has 1 spiro atoms. The van der Waals surface area contributed by atoms with Crippen molar-refractivity contribution in [3.8, 4) is 0 Å². The highest BCUT2D eigenvalue weighted by molar-refractivity contribution is 5.04. The minimum atomic E-state index is -4.47. The predicted octanol–water partition coefficient (Wildman–Crippen LogP) is 2.79. The van der Waals surface area contributed by atoms with E-state index in [0.717, 1.165) is 0 Å². The van der Waals surface area contributed by atoms with Gasteiger partial charge >= 0.3 is 24.2 Å². The molecule has 19 heavy (non-hydrogen) atoms. The van der Waals surface area contributed by atoms with Gasteiger partial charge in [0.15, 0.2) is 0 Å². The second-order valence-corrected chi connectivity index (χ2v) is 3.82. The van der Waals surface area contributed by atoms with Gasteiger partial charge in [-0.25, -0.2) is 0 Å². The van der Waals surface area contributed by atoms with Crippen molar-refractivity contribution < 1.29 is 45.3 Å². The first-order chi connectivity index (χ1) is 8.61. The topological polar surface area (TPSA) is 36.9 Å². The van der Waals surface area contributed by atoms with E-state index in [2.05, 4.69) is 25.5 Å². The average molecular weight is 292 g/mol. The molecular weight excluding hydrogens is 286 g/mol. The normalized spacial score (nSPS) is 26.8. The summed E-state index contributed by atoms with van der Waals surface area (Å²) in [5.41, 5.74) is -3.39. The molecule has 0 aromatic heterocycles. The van der Waals surface area contributed by atoms with Crippen molar-refractivity contribution in [3.63, 3.8) is 0 Å². The molecule has 0 saturated carbocycles. The zero-order valence-electron chi connectivity index (χ0n) is 9.02. The Hall–Kier alpha value is -1.74. The first kappa shape index (κ1) is 13.7. The Balaban J connectivity index is 2.36. The summed E-state index contributed by atoms with van der Waals surface area (Å²) in [6.07, 6.45) is -11.4. The zero-order valence-corrected chi connectivity index (χ0v) is 9.02. The maximum atomic E-state index is 13.6. The lowest BCUT2D eigenvalue weighted by atomic mass is 9.85. The molecule has 0 N–H and O–H groups in total. The highest BCUT2D eigenvalue weighted by Gasteiger charge is 2.78. The summed E-state index contributed by atoms with van der Waals surface area (Å²) in [4.78, 5) is 0. The van der Waals surface area contributed by atoms with Gasteiger partial charge in [-0.2, -0.15) is 26.3 Å². The summed E-state index contributed by atoms with van der Waals surface area (Å²) >= 11 is 0. The molecule has 0 bridgehead atoms. The van der Waals surface area contributed by atoms with Crippen LogP contribution < -0.4 is 0 Å². The number of halogens is 6. The van der Waals surface area contributed by atoms with E-state index < -0.39 is 48.8 Å². The lowest BCUT2D eigenvalue weighted by Gasteiger charge is -2.47. The maximum absolute atomic E-state index is 13.6. The summed E-state index contributed by atoms with van der Waals surface area (Å²) in [5, 5.41) is 0. The third kappa shape index (κ3) is 1.85. The molecule has 2 aliphatic heterocycles. The van der Waals surface area contributed by atoms with E-state index in [1.54, 1.807) is 0 Å². The summed E-state index contributed by atoms with van der Waals surface area (Å²) in [5.74, 6) is -2.68. The first-order valence-corrected chi connectivity index (χ1v) is 4.75. The fourth-order valence-electron chi connectivity index (χ4n) is 1.58. The molecule has 2 heterocycles. The van der Waals surface area contributed by atoms with Crippen LogP contribution in [-0.2, 0) is 18.9 Å². The van der Waals surface area contributed by atoms with Crippen molar-refractivity contribution in [2.75, 3.05) is 13.2 Å². The largest absolute Gasteiger partial charge is 0.460 e. The molecule has 0 radical (unpaired) electrons. The molecule has 2 fully saturated rings. The van der Waals surface area contributed by atoms with Gasteiger partial charge in [0.05, 0.1) is 0 Å². The Morgan fingerprint density at radius 2 is 1.37 bits per heavy atom. The smallest absolute Gasteiger partial charge is 0.422 e. The van der Waals surface area contributed by atoms with Crippen molar-refractivity contribution in [2.24, 2.45) is 5.41 Å². The van der Waals surface area contributed by atoms with Crippen LogP contribution in [0.15, 0.2) is 24.6 Å². The Kier molecular flexibility index (Phi) is 2.79. The monoisotopic (exact) mass is 292 g/mol. The number of hydrogen-bond donors (Lipinski definition) is 0. The molecule has 0 atom stereocenters. The fourth-order valence-corrected chi connectivity index (χ4v) is 1.58. The lowest BCUT2D eigenvalue weighted by molar-refractivity contribution is -0.474. The van der Waals surface area contributed by atoms with Crippen molar-refractivity contribution in [2.45, 2.75) is 12.2 Å². The molecule has 10 heteroatoms. The Morgan fingerprint density at radius 1 is 0.947 bits per heavy atom. The van der Waals surface area contributed by atoms with Crippen molar-refractivity contribution >= 4 is 0 Å². The van der Waals surface area contributed by atoms with Gasteiger partial charge in [-0.15, -0.1) is 0 Å². The van der Waals surface area contributed by atoms with E-state index in [0.29, 0.717) is 0 Å². The van der Waals surface area contributed by atoms with Crippen LogP contribution in [0, 0.1) is 5.41 Å². The Bertz CT molecular complexity index is 410. The van der Waals surface area contributed by atoms with Gasteiger partial charge in [0.25, 0.3) is 5.95 Å². The van der Waals surface area contributed by atoms with Crippen LogP contribution >= 0.6 is 0 Å². The van der Waals surface area contributed by atoms with Crippen molar-refractivity contribution in [3.05, 3.63) is 24.6 Å². The highest BCUT2D eigenvalue weighted by Crippen LogP contribution is 2.56. The third-order valence-corrected chi connectivity index (χ3v) is 2.65. The van der Waals surface area contributed by atoms with Gasteiger partial charge in [0.2, 0.25) is 5.41 Å². The van der Waals surface area contributed by atoms with Gasteiger partial charge in [0, 0.05) is 0 Å². The highest BCUT2D eigenvalue weighted by atomic mass is 19.3. The van der Waals surface area contributed by atoms with E-state index in [-0.39, 0.29) is 0 Å². The molecule has 2 saturated heterocycles. The first-order valence-electron chi connectivity index (χ1n) is 4.75. The SMILES string of the molecule is C=C1OC(F)(F)C2(COC(=C(F)F)OC2)C(F)(F)O1. The second kappa shape index (κ2) is 3.87. The summed E-state index contributed by atoms with van der Waals surface area (Å²) < 4.78 is 94.5. The number of ether oxygens (including phenoxy) is 4. The lowest BCUT2D eigenvalue weighted by Crippen LogP contribution is -2.65. The van der Waals surface area contributed by atoms with E-state index in [9.17, 15) is 26.3 Å². The van der Waals surface area contributed by atoms with E-state index >= 15 is 0 Å². The molecule has 4 nitrogen and oxygen atoms in total. The quantitative estimate of drug-likeness (QED) is 0.643.